The molecule has 0 aromatic carbocycles. The van der Waals surface area contributed by atoms with Crippen LogP contribution in [0.3, 0.4) is 0 Å². The lowest BCUT2D eigenvalue weighted by molar-refractivity contribution is -0.129. The summed E-state index contributed by atoms with van der Waals surface area (Å²) in [5.74, 6) is 0.222. The number of rotatable bonds is 4. The maximum absolute atomic E-state index is 12.1. The molecule has 0 spiro atoms. The number of nitrogens with zero attached hydrogens (tertiary/aromatic N) is 1. The molecule has 2 aliphatic rings. The number of carbonyl (C=O) groups is 1. The van der Waals surface area contributed by atoms with E-state index in [1.54, 1.807) is 0 Å². The lowest BCUT2D eigenvalue weighted by Gasteiger charge is -2.30. The van der Waals surface area contributed by atoms with Crippen molar-refractivity contribution < 1.29 is 13.2 Å². The molecule has 1 aliphatic heterocycles. The molecule has 0 bridgehead atoms. The predicted octanol–water partition coefficient (Wildman–Crippen LogP) is 1.99. The molecule has 0 radical (unpaired) electrons. The first kappa shape index (κ1) is 14.8. The highest BCUT2D eigenvalue weighted by atomic mass is 32.2. The highest BCUT2D eigenvalue weighted by Gasteiger charge is 2.32. The number of likely N-dealkylation sites (tertiary alicyclic amines) is 1. The Hall–Kier alpha value is -0.580. The third-order valence-electron chi connectivity index (χ3n) is 4.41. The molecule has 1 unspecified atom stereocenters. The molecular formula is C14H25NO3S. The maximum atomic E-state index is 12.1. The minimum atomic E-state index is -3.21. The summed E-state index contributed by atoms with van der Waals surface area (Å²) in [6.45, 7) is 0.742. The average molecular weight is 287 g/mol. The lowest BCUT2D eigenvalue weighted by Crippen LogP contribution is -2.40. The van der Waals surface area contributed by atoms with E-state index in [1.807, 2.05) is 4.90 Å². The van der Waals surface area contributed by atoms with E-state index in [-0.39, 0.29) is 17.7 Å². The van der Waals surface area contributed by atoms with E-state index in [1.165, 1.54) is 32.1 Å². The first-order valence-electron chi connectivity index (χ1n) is 7.43. The molecule has 1 atom stereocenters. The zero-order valence-electron chi connectivity index (χ0n) is 11.8. The number of carbonyl (C=O) groups excluding carboxylic acids is 1. The molecule has 1 aliphatic carbocycles. The summed E-state index contributed by atoms with van der Waals surface area (Å²) in [5.41, 5.74) is 0. The summed E-state index contributed by atoms with van der Waals surface area (Å²) >= 11 is 0. The van der Waals surface area contributed by atoms with Crippen molar-refractivity contribution in [2.45, 2.75) is 57.4 Å². The summed E-state index contributed by atoms with van der Waals surface area (Å²) in [6, 6.07) is 0.289. The van der Waals surface area contributed by atoms with Gasteiger partial charge in [0, 0.05) is 18.8 Å². The molecule has 0 N–H and O–H groups in total. The van der Waals surface area contributed by atoms with Gasteiger partial charge in [0.05, 0.1) is 0 Å². The number of amides is 1. The Balaban J connectivity index is 1.90. The van der Waals surface area contributed by atoms with Crippen LogP contribution in [0, 0.1) is 5.92 Å². The van der Waals surface area contributed by atoms with Gasteiger partial charge in [-0.1, -0.05) is 32.1 Å². The van der Waals surface area contributed by atoms with Crippen LogP contribution in [0.2, 0.25) is 0 Å². The molecule has 110 valence electrons. The van der Waals surface area contributed by atoms with Crippen LogP contribution in [0.5, 0.6) is 0 Å². The Bertz CT molecular complexity index is 412. The van der Waals surface area contributed by atoms with Crippen LogP contribution >= 0.6 is 0 Å². The summed E-state index contributed by atoms with van der Waals surface area (Å²) in [7, 11) is -3.21. The largest absolute Gasteiger partial charge is 0.339 e. The van der Waals surface area contributed by atoms with E-state index >= 15 is 0 Å². The van der Waals surface area contributed by atoms with Gasteiger partial charge in [-0.15, -0.1) is 0 Å². The smallest absolute Gasteiger partial charge is 0.238 e. The third-order valence-corrected chi connectivity index (χ3v) is 5.18. The van der Waals surface area contributed by atoms with Crippen LogP contribution in [0.15, 0.2) is 0 Å². The average Bonchev–Trinajstić information content (AvgIpc) is 2.76. The fraction of sp³-hybridized carbons (Fsp3) is 0.929. The van der Waals surface area contributed by atoms with Crippen molar-refractivity contribution in [3.63, 3.8) is 0 Å². The predicted molar refractivity (Wildman–Crippen MR) is 75.6 cm³/mol. The van der Waals surface area contributed by atoms with Gasteiger partial charge in [0.1, 0.15) is 5.75 Å². The summed E-state index contributed by atoms with van der Waals surface area (Å²) < 4.78 is 22.5. The number of hydrogen-bond donors (Lipinski definition) is 0. The Morgan fingerprint density at radius 2 is 1.79 bits per heavy atom. The van der Waals surface area contributed by atoms with Gasteiger partial charge >= 0.3 is 0 Å². The molecule has 1 saturated carbocycles. The number of sulfone groups is 1. The highest BCUT2D eigenvalue weighted by molar-refractivity contribution is 7.91. The second kappa shape index (κ2) is 6.25. The molecule has 5 heteroatoms. The van der Waals surface area contributed by atoms with E-state index in [4.69, 9.17) is 0 Å². The molecule has 1 heterocycles. The molecule has 2 fully saturated rings. The summed E-state index contributed by atoms with van der Waals surface area (Å²) in [5, 5.41) is 0. The van der Waals surface area contributed by atoms with Crippen LogP contribution in [0.4, 0.5) is 0 Å². The fourth-order valence-corrected chi connectivity index (χ4v) is 4.14. The van der Waals surface area contributed by atoms with Crippen molar-refractivity contribution in [3.8, 4) is 0 Å². The molecule has 0 aromatic rings. The molecule has 4 nitrogen and oxygen atoms in total. The molecule has 1 amide bonds. The minimum Gasteiger partial charge on any atom is -0.339 e. The van der Waals surface area contributed by atoms with Crippen LogP contribution in [0.1, 0.15) is 51.4 Å². The highest BCUT2D eigenvalue weighted by Crippen LogP contribution is 2.32. The van der Waals surface area contributed by atoms with E-state index in [2.05, 4.69) is 0 Å². The van der Waals surface area contributed by atoms with Gasteiger partial charge in [0.15, 0.2) is 9.84 Å². The van der Waals surface area contributed by atoms with Gasteiger partial charge in [-0.05, 0) is 25.2 Å². The van der Waals surface area contributed by atoms with E-state index in [0.29, 0.717) is 0 Å². The van der Waals surface area contributed by atoms with Gasteiger partial charge in [0.25, 0.3) is 0 Å². The van der Waals surface area contributed by atoms with Gasteiger partial charge in [-0.25, -0.2) is 8.42 Å². The van der Waals surface area contributed by atoms with Crippen molar-refractivity contribution in [3.05, 3.63) is 0 Å². The normalized spacial score (nSPS) is 25.7. The Morgan fingerprint density at radius 3 is 2.42 bits per heavy atom. The van der Waals surface area contributed by atoms with Crippen molar-refractivity contribution >= 4 is 15.7 Å². The first-order chi connectivity index (χ1) is 8.96. The third kappa shape index (κ3) is 4.48. The topological polar surface area (TPSA) is 54.5 Å². The van der Waals surface area contributed by atoms with Gasteiger partial charge in [0.2, 0.25) is 5.91 Å². The Morgan fingerprint density at radius 1 is 1.11 bits per heavy atom. The van der Waals surface area contributed by atoms with Crippen molar-refractivity contribution in [1.29, 1.82) is 0 Å². The SMILES string of the molecule is CS(=O)(=O)CC(=O)N1CCCC1CC1CCCCC1. The van der Waals surface area contributed by atoms with Crippen LogP contribution in [-0.4, -0.2) is 43.8 Å². The standard InChI is InChI=1S/C14H25NO3S/c1-19(17,18)11-14(16)15-9-5-8-13(15)10-12-6-3-2-4-7-12/h12-13H,2-11H2,1H3. The molecule has 1 saturated heterocycles. The molecule has 19 heavy (non-hydrogen) atoms. The van der Waals surface area contributed by atoms with E-state index in [0.717, 1.165) is 38.0 Å². The van der Waals surface area contributed by atoms with Gasteiger partial charge in [-0.3, -0.25) is 4.79 Å². The van der Waals surface area contributed by atoms with Gasteiger partial charge in [-0.2, -0.15) is 0 Å². The van der Waals surface area contributed by atoms with E-state index in [9.17, 15) is 13.2 Å². The summed E-state index contributed by atoms with van der Waals surface area (Å²) in [6.07, 6.45) is 10.8. The molecule has 0 aromatic heterocycles. The van der Waals surface area contributed by atoms with Crippen molar-refractivity contribution in [2.75, 3.05) is 18.6 Å². The van der Waals surface area contributed by atoms with Crippen LogP contribution < -0.4 is 0 Å². The maximum Gasteiger partial charge on any atom is 0.238 e. The van der Waals surface area contributed by atoms with Crippen molar-refractivity contribution in [1.82, 2.24) is 4.90 Å². The second-order valence-electron chi connectivity index (χ2n) is 6.19. The van der Waals surface area contributed by atoms with Crippen LogP contribution in [-0.2, 0) is 14.6 Å². The van der Waals surface area contributed by atoms with Crippen molar-refractivity contribution in [2.24, 2.45) is 5.92 Å². The monoisotopic (exact) mass is 287 g/mol. The van der Waals surface area contributed by atoms with E-state index < -0.39 is 9.84 Å². The lowest BCUT2D eigenvalue weighted by atomic mass is 9.84. The number of hydrogen-bond acceptors (Lipinski definition) is 3. The first-order valence-corrected chi connectivity index (χ1v) is 9.49. The fourth-order valence-electron chi connectivity index (χ4n) is 3.52. The molecule has 2 rings (SSSR count). The second-order valence-corrected chi connectivity index (χ2v) is 8.33. The quantitative estimate of drug-likeness (QED) is 0.794. The van der Waals surface area contributed by atoms with Crippen LogP contribution in [0.25, 0.3) is 0 Å². The zero-order chi connectivity index (χ0) is 13.9. The Labute approximate surface area is 116 Å². The Kier molecular flexibility index (Phi) is 4.87. The summed E-state index contributed by atoms with van der Waals surface area (Å²) in [4.78, 5) is 13.9. The van der Waals surface area contributed by atoms with Gasteiger partial charge < -0.3 is 4.90 Å². The zero-order valence-corrected chi connectivity index (χ0v) is 12.6. The minimum absolute atomic E-state index is 0.194. The molecular weight excluding hydrogens is 262 g/mol.